The fourth-order valence-corrected chi connectivity index (χ4v) is 6.00. The summed E-state index contributed by atoms with van der Waals surface area (Å²) in [5, 5.41) is 0. The molecule has 2 atom stereocenters. The Balaban J connectivity index is 1.40. The molecule has 2 N–H and O–H groups in total. The highest BCUT2D eigenvalue weighted by atomic mass is 16.1. The average Bonchev–Trinajstić information content (AvgIpc) is 3.17. The van der Waals surface area contributed by atoms with Crippen molar-refractivity contribution in [2.45, 2.75) is 82.1 Å². The van der Waals surface area contributed by atoms with E-state index in [9.17, 15) is 4.79 Å². The van der Waals surface area contributed by atoms with Gasteiger partial charge < -0.3 is 10.6 Å². The van der Waals surface area contributed by atoms with Crippen molar-refractivity contribution < 1.29 is 4.79 Å². The van der Waals surface area contributed by atoms with Gasteiger partial charge in [0.2, 0.25) is 5.91 Å². The number of piperidine rings is 1. The third kappa shape index (κ3) is 3.69. The first-order valence-corrected chi connectivity index (χ1v) is 10.8. The van der Waals surface area contributed by atoms with Crippen molar-refractivity contribution in [2.75, 3.05) is 13.1 Å². The summed E-state index contributed by atoms with van der Waals surface area (Å²) in [5.74, 6) is 0.710. The molecule has 3 fully saturated rings. The first-order chi connectivity index (χ1) is 12.7. The van der Waals surface area contributed by atoms with Gasteiger partial charge in [0.15, 0.2) is 0 Å². The van der Waals surface area contributed by atoms with Crippen LogP contribution in [0.4, 0.5) is 0 Å². The summed E-state index contributed by atoms with van der Waals surface area (Å²) in [6.45, 7) is 2.51. The van der Waals surface area contributed by atoms with E-state index in [0.29, 0.717) is 5.56 Å². The first-order valence-electron chi connectivity index (χ1n) is 10.8. The molecule has 0 spiro atoms. The molecule has 3 aliphatic rings. The van der Waals surface area contributed by atoms with Crippen LogP contribution in [0.2, 0.25) is 0 Å². The van der Waals surface area contributed by atoms with Crippen LogP contribution in [-0.4, -0.2) is 29.9 Å². The summed E-state index contributed by atoms with van der Waals surface area (Å²) in [4.78, 5) is 14.4. The van der Waals surface area contributed by atoms with E-state index in [0.717, 1.165) is 12.0 Å². The molecule has 3 heteroatoms. The molecular weight excluding hydrogens is 320 g/mol. The predicted octanol–water partition coefficient (Wildman–Crippen LogP) is 4.64. The lowest BCUT2D eigenvalue weighted by Crippen LogP contribution is -2.52. The summed E-state index contributed by atoms with van der Waals surface area (Å²) < 4.78 is 0. The van der Waals surface area contributed by atoms with Crippen LogP contribution in [-0.2, 0) is 5.41 Å². The molecule has 0 aromatic heterocycles. The maximum absolute atomic E-state index is 11.6. The zero-order valence-corrected chi connectivity index (χ0v) is 16.1. The SMILES string of the molecule is NC(=O)c1cccc(C23CCCC(C2)N(CCCC2CCCC2)CC3)c1. The molecule has 2 unspecified atom stereocenters. The number of carbonyl (C=O) groups is 1. The third-order valence-electron chi connectivity index (χ3n) is 7.50. The second-order valence-corrected chi connectivity index (χ2v) is 9.05. The Hall–Kier alpha value is -1.35. The van der Waals surface area contributed by atoms with E-state index in [1.165, 1.54) is 89.3 Å². The van der Waals surface area contributed by atoms with Crippen LogP contribution in [0.3, 0.4) is 0 Å². The Bertz CT molecular complexity index is 637. The minimum Gasteiger partial charge on any atom is -0.366 e. The molecular formula is C23H34N2O. The predicted molar refractivity (Wildman–Crippen MR) is 106 cm³/mol. The Kier molecular flexibility index (Phi) is 5.35. The van der Waals surface area contributed by atoms with Crippen molar-refractivity contribution in [2.24, 2.45) is 11.7 Å². The lowest BCUT2D eigenvalue weighted by Gasteiger charge is -2.51. The van der Waals surface area contributed by atoms with Crippen LogP contribution in [0.25, 0.3) is 0 Å². The number of hydrogen-bond acceptors (Lipinski definition) is 2. The lowest BCUT2D eigenvalue weighted by molar-refractivity contribution is 0.0496. The van der Waals surface area contributed by atoms with Crippen LogP contribution in [0, 0.1) is 5.92 Å². The number of fused-ring (bicyclic) bond motifs is 2. The highest BCUT2D eigenvalue weighted by Gasteiger charge is 2.43. The van der Waals surface area contributed by atoms with Gasteiger partial charge in [-0.2, -0.15) is 0 Å². The normalized spacial score (nSPS) is 29.8. The molecule has 1 amide bonds. The number of nitrogens with zero attached hydrogens (tertiary/aromatic N) is 1. The number of rotatable bonds is 6. The van der Waals surface area contributed by atoms with Crippen molar-refractivity contribution >= 4 is 5.91 Å². The number of nitrogens with two attached hydrogens (primary N) is 1. The minimum absolute atomic E-state index is 0.274. The van der Waals surface area contributed by atoms with E-state index in [4.69, 9.17) is 5.73 Å². The third-order valence-corrected chi connectivity index (χ3v) is 7.50. The van der Waals surface area contributed by atoms with Gasteiger partial charge in [-0.3, -0.25) is 4.79 Å². The summed E-state index contributed by atoms with van der Waals surface area (Å²) >= 11 is 0. The van der Waals surface area contributed by atoms with Crippen molar-refractivity contribution in [3.05, 3.63) is 35.4 Å². The van der Waals surface area contributed by atoms with Gasteiger partial charge in [-0.1, -0.05) is 44.2 Å². The maximum atomic E-state index is 11.6. The van der Waals surface area contributed by atoms with Gasteiger partial charge >= 0.3 is 0 Å². The van der Waals surface area contributed by atoms with Crippen molar-refractivity contribution in [3.8, 4) is 0 Å². The number of carbonyl (C=O) groups excluding carboxylic acids is 1. The Labute approximate surface area is 158 Å². The number of benzene rings is 1. The second kappa shape index (κ2) is 7.72. The van der Waals surface area contributed by atoms with Gasteiger partial charge in [-0.05, 0) is 80.6 Å². The number of amides is 1. The molecule has 0 radical (unpaired) electrons. The smallest absolute Gasteiger partial charge is 0.248 e. The van der Waals surface area contributed by atoms with Gasteiger partial charge in [-0.25, -0.2) is 0 Å². The molecule has 142 valence electrons. The second-order valence-electron chi connectivity index (χ2n) is 9.05. The van der Waals surface area contributed by atoms with Crippen molar-refractivity contribution in [1.29, 1.82) is 0 Å². The molecule has 1 heterocycles. The summed E-state index contributed by atoms with van der Waals surface area (Å²) in [7, 11) is 0. The van der Waals surface area contributed by atoms with Gasteiger partial charge in [0.25, 0.3) is 0 Å². The minimum atomic E-state index is -0.306. The Morgan fingerprint density at radius 3 is 2.81 bits per heavy atom. The Morgan fingerprint density at radius 2 is 2.00 bits per heavy atom. The van der Waals surface area contributed by atoms with Crippen LogP contribution in [0.5, 0.6) is 0 Å². The van der Waals surface area contributed by atoms with Gasteiger partial charge in [0.05, 0.1) is 0 Å². The average molecular weight is 355 g/mol. The van der Waals surface area contributed by atoms with Crippen molar-refractivity contribution in [1.82, 2.24) is 4.90 Å². The highest BCUT2D eigenvalue weighted by Crippen LogP contribution is 2.47. The molecule has 2 bridgehead atoms. The van der Waals surface area contributed by atoms with E-state index < -0.39 is 0 Å². The van der Waals surface area contributed by atoms with E-state index in [-0.39, 0.29) is 11.3 Å². The van der Waals surface area contributed by atoms with E-state index in [1.807, 2.05) is 12.1 Å². The van der Waals surface area contributed by atoms with Gasteiger partial charge in [0.1, 0.15) is 0 Å². The molecule has 2 saturated carbocycles. The number of hydrogen-bond donors (Lipinski definition) is 1. The topological polar surface area (TPSA) is 46.3 Å². The molecule has 1 saturated heterocycles. The zero-order valence-electron chi connectivity index (χ0n) is 16.1. The molecule has 1 aromatic carbocycles. The molecule has 1 aliphatic heterocycles. The maximum Gasteiger partial charge on any atom is 0.248 e. The molecule has 3 nitrogen and oxygen atoms in total. The van der Waals surface area contributed by atoms with Crippen molar-refractivity contribution in [3.63, 3.8) is 0 Å². The molecule has 1 aromatic rings. The molecule has 26 heavy (non-hydrogen) atoms. The lowest BCUT2D eigenvalue weighted by atomic mass is 9.63. The van der Waals surface area contributed by atoms with Crippen LogP contribution in [0.15, 0.2) is 24.3 Å². The molecule has 2 aliphatic carbocycles. The van der Waals surface area contributed by atoms with Gasteiger partial charge in [-0.15, -0.1) is 0 Å². The highest BCUT2D eigenvalue weighted by molar-refractivity contribution is 5.92. The summed E-state index contributed by atoms with van der Waals surface area (Å²) in [6, 6.07) is 8.90. The van der Waals surface area contributed by atoms with E-state index in [2.05, 4.69) is 17.0 Å². The quantitative estimate of drug-likeness (QED) is 0.809. The van der Waals surface area contributed by atoms with Crippen LogP contribution < -0.4 is 5.73 Å². The fourth-order valence-electron chi connectivity index (χ4n) is 6.00. The summed E-state index contributed by atoms with van der Waals surface area (Å²) in [6.07, 6.45) is 15.1. The largest absolute Gasteiger partial charge is 0.366 e. The molecule has 4 rings (SSSR count). The number of primary amides is 1. The summed E-state index contributed by atoms with van der Waals surface area (Å²) in [5.41, 5.74) is 7.81. The number of likely N-dealkylation sites (tertiary alicyclic amines) is 1. The first kappa shape index (κ1) is 18.0. The van der Waals surface area contributed by atoms with Gasteiger partial charge in [0, 0.05) is 11.6 Å². The Morgan fingerprint density at radius 1 is 1.15 bits per heavy atom. The fraction of sp³-hybridized carbons (Fsp3) is 0.696. The van der Waals surface area contributed by atoms with E-state index >= 15 is 0 Å². The van der Waals surface area contributed by atoms with Crippen LogP contribution >= 0.6 is 0 Å². The standard InChI is InChI=1S/C23H34N2O/c24-22(26)19-9-3-10-20(16-19)23-12-4-11-21(17-23)25(15-13-23)14-5-8-18-6-1-2-7-18/h3,9-10,16,18,21H,1-2,4-8,11-15,17H2,(H2,24,26). The zero-order chi connectivity index (χ0) is 18.0. The van der Waals surface area contributed by atoms with Crippen LogP contribution in [0.1, 0.15) is 86.6 Å². The monoisotopic (exact) mass is 354 g/mol. The van der Waals surface area contributed by atoms with E-state index in [1.54, 1.807) is 0 Å².